The van der Waals surface area contributed by atoms with E-state index >= 15 is 0 Å². The smallest absolute Gasteiger partial charge is 0.193 e. The van der Waals surface area contributed by atoms with E-state index in [1.54, 1.807) is 11.3 Å². The van der Waals surface area contributed by atoms with Crippen LogP contribution in [0.2, 0.25) is 0 Å². The molecule has 1 aromatic carbocycles. The number of nitrogens with one attached hydrogen (secondary N) is 1. The zero-order chi connectivity index (χ0) is 16.7. The number of benzene rings is 1. The molecule has 132 valence electrons. The van der Waals surface area contributed by atoms with Crippen LogP contribution in [0.5, 0.6) is 0 Å². The van der Waals surface area contributed by atoms with Crippen LogP contribution in [0.25, 0.3) is 0 Å². The van der Waals surface area contributed by atoms with Crippen LogP contribution in [0.4, 0.5) is 0 Å². The lowest BCUT2D eigenvalue weighted by Crippen LogP contribution is -2.37. The molecule has 0 amide bonds. The summed E-state index contributed by atoms with van der Waals surface area (Å²) in [7, 11) is 4.03. The SMILES string of the molecule is CCc1nc(CCNC(=NCc2ccccc2)N(C)C)sc1C.I. The van der Waals surface area contributed by atoms with E-state index in [1.165, 1.54) is 21.1 Å². The van der Waals surface area contributed by atoms with Crippen molar-refractivity contribution in [3.05, 3.63) is 51.5 Å². The maximum Gasteiger partial charge on any atom is 0.193 e. The van der Waals surface area contributed by atoms with Crippen molar-refractivity contribution in [2.75, 3.05) is 20.6 Å². The Morgan fingerprint density at radius 1 is 1.25 bits per heavy atom. The van der Waals surface area contributed by atoms with Gasteiger partial charge >= 0.3 is 0 Å². The first-order chi connectivity index (χ1) is 11.1. The van der Waals surface area contributed by atoms with Crippen LogP contribution in [0.15, 0.2) is 35.3 Å². The molecule has 0 spiro atoms. The molecule has 6 heteroatoms. The third-order valence-electron chi connectivity index (χ3n) is 3.57. The van der Waals surface area contributed by atoms with Crippen LogP contribution < -0.4 is 5.32 Å². The van der Waals surface area contributed by atoms with E-state index < -0.39 is 0 Å². The molecular formula is C18H27IN4S. The van der Waals surface area contributed by atoms with Gasteiger partial charge in [-0.25, -0.2) is 9.98 Å². The highest BCUT2D eigenvalue weighted by Gasteiger charge is 2.07. The zero-order valence-electron chi connectivity index (χ0n) is 14.9. The van der Waals surface area contributed by atoms with Crippen molar-refractivity contribution < 1.29 is 0 Å². The Morgan fingerprint density at radius 3 is 2.54 bits per heavy atom. The molecule has 0 aliphatic heterocycles. The van der Waals surface area contributed by atoms with Crippen molar-refractivity contribution in [1.82, 2.24) is 15.2 Å². The van der Waals surface area contributed by atoms with Gasteiger partial charge in [0, 0.05) is 31.9 Å². The molecule has 1 aromatic heterocycles. The average Bonchev–Trinajstić information content (AvgIpc) is 2.91. The summed E-state index contributed by atoms with van der Waals surface area (Å²) >= 11 is 1.80. The number of aromatic nitrogens is 1. The van der Waals surface area contributed by atoms with E-state index in [1.807, 2.05) is 37.2 Å². The Kier molecular flexibility index (Phi) is 9.28. The quantitative estimate of drug-likeness (QED) is 0.406. The highest BCUT2D eigenvalue weighted by Crippen LogP contribution is 2.17. The molecule has 2 rings (SSSR count). The van der Waals surface area contributed by atoms with Crippen molar-refractivity contribution in [2.45, 2.75) is 33.2 Å². The number of rotatable bonds is 6. The van der Waals surface area contributed by atoms with Gasteiger partial charge in [0.15, 0.2) is 5.96 Å². The number of aliphatic imine (C=N–C) groups is 1. The molecule has 1 heterocycles. The van der Waals surface area contributed by atoms with E-state index in [9.17, 15) is 0 Å². The van der Waals surface area contributed by atoms with Crippen LogP contribution in [0.3, 0.4) is 0 Å². The normalized spacial score (nSPS) is 11.1. The van der Waals surface area contributed by atoms with E-state index in [0.717, 1.165) is 25.3 Å². The van der Waals surface area contributed by atoms with Crippen molar-refractivity contribution in [3.8, 4) is 0 Å². The number of aryl methyl sites for hydroxylation is 2. The summed E-state index contributed by atoms with van der Waals surface area (Å²) in [6.07, 6.45) is 1.95. The van der Waals surface area contributed by atoms with E-state index in [2.05, 4.69) is 41.3 Å². The summed E-state index contributed by atoms with van der Waals surface area (Å²) in [4.78, 5) is 12.7. The van der Waals surface area contributed by atoms with Crippen LogP contribution in [-0.4, -0.2) is 36.5 Å². The summed E-state index contributed by atoms with van der Waals surface area (Å²) in [5.41, 5.74) is 2.45. The number of nitrogens with zero attached hydrogens (tertiary/aromatic N) is 3. The Hall–Kier alpha value is -1.15. The predicted octanol–water partition coefficient (Wildman–Crippen LogP) is 3.88. The maximum absolute atomic E-state index is 4.69. The molecule has 0 atom stereocenters. The first kappa shape index (κ1) is 20.9. The summed E-state index contributed by atoms with van der Waals surface area (Å²) in [5.74, 6) is 0.915. The molecule has 0 unspecified atom stereocenters. The number of thiazole rings is 1. The van der Waals surface area contributed by atoms with E-state index in [4.69, 9.17) is 0 Å². The molecular weight excluding hydrogens is 431 g/mol. The summed E-state index contributed by atoms with van der Waals surface area (Å²) in [6.45, 7) is 5.85. The Bertz CT molecular complexity index is 638. The van der Waals surface area contributed by atoms with E-state index in [0.29, 0.717) is 6.54 Å². The van der Waals surface area contributed by atoms with Gasteiger partial charge in [-0.05, 0) is 18.9 Å². The summed E-state index contributed by atoms with van der Waals surface area (Å²) in [6, 6.07) is 10.3. The summed E-state index contributed by atoms with van der Waals surface area (Å²) in [5, 5.41) is 4.63. The highest BCUT2D eigenvalue weighted by atomic mass is 127. The number of guanidine groups is 1. The molecule has 0 saturated carbocycles. The highest BCUT2D eigenvalue weighted by molar-refractivity contribution is 14.0. The maximum atomic E-state index is 4.69. The lowest BCUT2D eigenvalue weighted by Gasteiger charge is -2.17. The standard InChI is InChI=1S/C18H26N4S.HI/c1-5-16-14(2)23-17(21-16)11-12-19-18(22(3)4)20-13-15-9-7-6-8-10-15;/h6-10H,5,11-13H2,1-4H3,(H,19,20);1H. The van der Waals surface area contributed by atoms with Gasteiger partial charge in [0.25, 0.3) is 0 Å². The van der Waals surface area contributed by atoms with Gasteiger partial charge in [0.2, 0.25) is 0 Å². The third kappa shape index (κ3) is 6.39. The second-order valence-corrected chi connectivity index (χ2v) is 6.95. The first-order valence-electron chi connectivity index (χ1n) is 8.05. The monoisotopic (exact) mass is 458 g/mol. The van der Waals surface area contributed by atoms with E-state index in [-0.39, 0.29) is 24.0 Å². The zero-order valence-corrected chi connectivity index (χ0v) is 18.0. The number of halogens is 1. The Labute approximate surface area is 166 Å². The minimum atomic E-state index is 0. The van der Waals surface area contributed by atoms with Gasteiger partial charge in [0.05, 0.1) is 17.2 Å². The number of hydrogen-bond donors (Lipinski definition) is 1. The average molecular weight is 458 g/mol. The molecule has 1 N–H and O–H groups in total. The molecule has 0 bridgehead atoms. The Morgan fingerprint density at radius 2 is 1.96 bits per heavy atom. The minimum absolute atomic E-state index is 0. The van der Waals surface area contributed by atoms with Gasteiger partial charge in [-0.3, -0.25) is 0 Å². The number of hydrogen-bond acceptors (Lipinski definition) is 3. The molecule has 0 saturated heterocycles. The van der Waals surface area contributed by atoms with Crippen LogP contribution >= 0.6 is 35.3 Å². The molecule has 4 nitrogen and oxygen atoms in total. The third-order valence-corrected chi connectivity index (χ3v) is 4.64. The second-order valence-electron chi connectivity index (χ2n) is 5.66. The molecule has 0 aliphatic rings. The Balaban J connectivity index is 0.00000288. The largest absolute Gasteiger partial charge is 0.356 e. The van der Waals surface area contributed by atoms with Gasteiger partial charge in [-0.2, -0.15) is 0 Å². The van der Waals surface area contributed by atoms with Crippen molar-refractivity contribution in [2.24, 2.45) is 4.99 Å². The molecule has 0 fully saturated rings. The fourth-order valence-electron chi connectivity index (χ4n) is 2.31. The van der Waals surface area contributed by atoms with Gasteiger partial charge in [0.1, 0.15) is 0 Å². The van der Waals surface area contributed by atoms with Crippen molar-refractivity contribution >= 4 is 41.3 Å². The van der Waals surface area contributed by atoms with Crippen LogP contribution in [0.1, 0.15) is 28.1 Å². The van der Waals surface area contributed by atoms with Crippen LogP contribution in [-0.2, 0) is 19.4 Å². The summed E-state index contributed by atoms with van der Waals surface area (Å²) < 4.78 is 0. The van der Waals surface area contributed by atoms with Crippen molar-refractivity contribution in [1.29, 1.82) is 0 Å². The topological polar surface area (TPSA) is 40.5 Å². The first-order valence-corrected chi connectivity index (χ1v) is 8.86. The van der Waals surface area contributed by atoms with Gasteiger partial charge < -0.3 is 10.2 Å². The molecule has 2 aromatic rings. The lowest BCUT2D eigenvalue weighted by molar-refractivity contribution is 0.579. The molecule has 0 radical (unpaired) electrons. The van der Waals surface area contributed by atoms with Gasteiger partial charge in [-0.1, -0.05) is 37.3 Å². The fourth-order valence-corrected chi connectivity index (χ4v) is 3.33. The fraction of sp³-hybridized carbons (Fsp3) is 0.444. The van der Waals surface area contributed by atoms with Crippen LogP contribution in [0, 0.1) is 6.92 Å². The molecule has 24 heavy (non-hydrogen) atoms. The van der Waals surface area contributed by atoms with Crippen molar-refractivity contribution in [3.63, 3.8) is 0 Å². The molecule has 0 aliphatic carbocycles. The predicted molar refractivity (Wildman–Crippen MR) is 115 cm³/mol. The lowest BCUT2D eigenvalue weighted by atomic mass is 10.2. The van der Waals surface area contributed by atoms with Gasteiger partial charge in [-0.15, -0.1) is 35.3 Å². The second kappa shape index (κ2) is 10.7. The minimum Gasteiger partial charge on any atom is -0.356 e.